The number of aliphatic hydroxyl groups is 1. The molecule has 5 nitrogen and oxygen atoms in total. The second-order valence-electron chi connectivity index (χ2n) is 3.76. The Morgan fingerprint density at radius 1 is 1.44 bits per heavy atom. The molecule has 16 heavy (non-hydrogen) atoms. The molecule has 0 bridgehead atoms. The molecule has 0 atom stereocenters. The van der Waals surface area contributed by atoms with E-state index in [1.54, 1.807) is 18.2 Å². The maximum absolute atomic E-state index is 10.9. The third-order valence-corrected chi connectivity index (χ3v) is 2.35. The highest BCUT2D eigenvalue weighted by molar-refractivity contribution is 5.63. The zero-order valence-electron chi connectivity index (χ0n) is 9.46. The summed E-state index contributed by atoms with van der Waals surface area (Å²) >= 11 is 0. The van der Waals surface area contributed by atoms with Crippen LogP contribution in [-0.2, 0) is 0 Å². The lowest BCUT2D eigenvalue weighted by Gasteiger charge is -2.27. The molecule has 0 saturated heterocycles. The van der Waals surface area contributed by atoms with E-state index in [-0.39, 0.29) is 18.3 Å². The summed E-state index contributed by atoms with van der Waals surface area (Å²) in [4.78, 5) is 12.3. The molecule has 0 aliphatic heterocycles. The van der Waals surface area contributed by atoms with Crippen LogP contribution in [0.2, 0.25) is 0 Å². The number of rotatable bonds is 5. The summed E-state index contributed by atoms with van der Waals surface area (Å²) < 4.78 is 0. The normalized spacial score (nSPS) is 10.5. The first-order valence-electron chi connectivity index (χ1n) is 5.19. The summed E-state index contributed by atoms with van der Waals surface area (Å²) in [5, 5.41) is 19.8. The van der Waals surface area contributed by atoms with Crippen LogP contribution in [-0.4, -0.2) is 29.2 Å². The number of nitro groups is 1. The van der Waals surface area contributed by atoms with Gasteiger partial charge in [0.25, 0.3) is 5.69 Å². The van der Waals surface area contributed by atoms with Crippen molar-refractivity contribution in [2.45, 2.75) is 19.9 Å². The molecule has 0 aliphatic rings. The molecule has 0 heterocycles. The molecule has 0 saturated carbocycles. The molecule has 1 N–H and O–H groups in total. The molecule has 0 unspecified atom stereocenters. The second kappa shape index (κ2) is 5.46. The Hall–Kier alpha value is -1.62. The van der Waals surface area contributed by atoms with Gasteiger partial charge >= 0.3 is 0 Å². The van der Waals surface area contributed by atoms with Crippen molar-refractivity contribution in [2.75, 3.05) is 18.1 Å². The van der Waals surface area contributed by atoms with Crippen molar-refractivity contribution in [1.29, 1.82) is 0 Å². The predicted molar refractivity (Wildman–Crippen MR) is 62.7 cm³/mol. The van der Waals surface area contributed by atoms with Crippen molar-refractivity contribution in [3.63, 3.8) is 0 Å². The quantitative estimate of drug-likeness (QED) is 0.611. The largest absolute Gasteiger partial charge is 0.395 e. The standard InChI is InChI=1S/C11H16N2O3/c1-9(2)12(7-8-14)10-5-3-4-6-11(10)13(15)16/h3-6,9,14H,7-8H2,1-2H3. The van der Waals surface area contributed by atoms with Gasteiger partial charge in [0, 0.05) is 18.7 Å². The summed E-state index contributed by atoms with van der Waals surface area (Å²) in [6.07, 6.45) is 0. The van der Waals surface area contributed by atoms with Crippen molar-refractivity contribution in [1.82, 2.24) is 0 Å². The van der Waals surface area contributed by atoms with E-state index in [0.29, 0.717) is 12.2 Å². The fourth-order valence-electron chi connectivity index (χ4n) is 1.63. The molecular formula is C11H16N2O3. The number of nitrogens with zero attached hydrogens (tertiary/aromatic N) is 2. The third kappa shape index (κ3) is 2.70. The topological polar surface area (TPSA) is 66.6 Å². The lowest BCUT2D eigenvalue weighted by molar-refractivity contribution is -0.384. The molecular weight excluding hydrogens is 208 g/mol. The minimum Gasteiger partial charge on any atom is -0.395 e. The third-order valence-electron chi connectivity index (χ3n) is 2.35. The molecule has 0 aliphatic carbocycles. The minimum absolute atomic E-state index is 0.0236. The molecule has 0 fully saturated rings. The Kier molecular flexibility index (Phi) is 4.25. The van der Waals surface area contributed by atoms with E-state index in [2.05, 4.69) is 0 Å². The average molecular weight is 224 g/mol. The van der Waals surface area contributed by atoms with Gasteiger partial charge in [-0.15, -0.1) is 0 Å². The smallest absolute Gasteiger partial charge is 0.292 e. The minimum atomic E-state index is -0.401. The van der Waals surface area contributed by atoms with Crippen molar-refractivity contribution >= 4 is 11.4 Å². The van der Waals surface area contributed by atoms with Crippen LogP contribution >= 0.6 is 0 Å². The Labute approximate surface area is 94.5 Å². The Morgan fingerprint density at radius 2 is 2.06 bits per heavy atom. The van der Waals surface area contributed by atoms with Gasteiger partial charge in [-0.05, 0) is 19.9 Å². The van der Waals surface area contributed by atoms with Gasteiger partial charge in [0.1, 0.15) is 5.69 Å². The summed E-state index contributed by atoms with van der Waals surface area (Å²) in [5.41, 5.74) is 0.626. The number of benzene rings is 1. The van der Waals surface area contributed by atoms with E-state index in [0.717, 1.165) is 0 Å². The highest BCUT2D eigenvalue weighted by atomic mass is 16.6. The Morgan fingerprint density at radius 3 is 2.56 bits per heavy atom. The zero-order chi connectivity index (χ0) is 12.1. The fraction of sp³-hybridized carbons (Fsp3) is 0.455. The SMILES string of the molecule is CC(C)N(CCO)c1ccccc1[N+](=O)[O-]. The number of para-hydroxylation sites is 2. The van der Waals surface area contributed by atoms with Crippen LogP contribution in [0.1, 0.15) is 13.8 Å². The second-order valence-corrected chi connectivity index (χ2v) is 3.76. The van der Waals surface area contributed by atoms with Crippen LogP contribution in [0.15, 0.2) is 24.3 Å². The first-order valence-corrected chi connectivity index (χ1v) is 5.19. The molecule has 1 aromatic rings. The number of anilines is 1. The van der Waals surface area contributed by atoms with Crippen molar-refractivity contribution in [3.8, 4) is 0 Å². The average Bonchev–Trinajstić information content (AvgIpc) is 2.25. The zero-order valence-corrected chi connectivity index (χ0v) is 9.46. The van der Waals surface area contributed by atoms with Crippen LogP contribution in [0.25, 0.3) is 0 Å². The van der Waals surface area contributed by atoms with Crippen LogP contribution in [0.5, 0.6) is 0 Å². The van der Waals surface area contributed by atoms with Gasteiger partial charge in [-0.3, -0.25) is 10.1 Å². The number of aliphatic hydroxyl groups excluding tert-OH is 1. The summed E-state index contributed by atoms with van der Waals surface area (Å²) in [6.45, 7) is 4.24. The van der Waals surface area contributed by atoms with Crippen LogP contribution < -0.4 is 4.90 Å². The van der Waals surface area contributed by atoms with Gasteiger partial charge in [0.2, 0.25) is 0 Å². The maximum Gasteiger partial charge on any atom is 0.292 e. The van der Waals surface area contributed by atoms with E-state index in [1.165, 1.54) is 6.07 Å². The van der Waals surface area contributed by atoms with E-state index in [1.807, 2.05) is 18.7 Å². The van der Waals surface area contributed by atoms with Gasteiger partial charge in [-0.2, -0.15) is 0 Å². The Balaban J connectivity index is 3.12. The molecule has 0 radical (unpaired) electrons. The van der Waals surface area contributed by atoms with E-state index in [9.17, 15) is 10.1 Å². The summed E-state index contributed by atoms with van der Waals surface area (Å²) in [5.74, 6) is 0. The number of hydrogen-bond acceptors (Lipinski definition) is 4. The first kappa shape index (κ1) is 12.4. The lowest BCUT2D eigenvalue weighted by atomic mass is 10.2. The predicted octanol–water partition coefficient (Wildman–Crippen LogP) is 1.80. The van der Waals surface area contributed by atoms with Crippen LogP contribution in [0, 0.1) is 10.1 Å². The van der Waals surface area contributed by atoms with Crippen LogP contribution in [0.4, 0.5) is 11.4 Å². The van der Waals surface area contributed by atoms with E-state index in [4.69, 9.17) is 5.11 Å². The summed E-state index contributed by atoms with van der Waals surface area (Å²) in [6, 6.07) is 6.68. The van der Waals surface area contributed by atoms with Crippen LogP contribution in [0.3, 0.4) is 0 Å². The van der Waals surface area contributed by atoms with Gasteiger partial charge < -0.3 is 10.0 Å². The molecule has 1 rings (SSSR count). The lowest BCUT2D eigenvalue weighted by Crippen LogP contribution is -2.33. The van der Waals surface area contributed by atoms with Crippen molar-refractivity contribution in [3.05, 3.63) is 34.4 Å². The highest BCUT2D eigenvalue weighted by Gasteiger charge is 2.19. The molecule has 1 aromatic carbocycles. The maximum atomic E-state index is 10.9. The van der Waals surface area contributed by atoms with E-state index < -0.39 is 4.92 Å². The number of nitro benzene ring substituents is 1. The molecule has 5 heteroatoms. The Bertz CT molecular complexity index is 366. The molecule has 0 aromatic heterocycles. The van der Waals surface area contributed by atoms with Gasteiger partial charge in [0.15, 0.2) is 0 Å². The van der Waals surface area contributed by atoms with Gasteiger partial charge in [-0.25, -0.2) is 0 Å². The summed E-state index contributed by atoms with van der Waals surface area (Å²) in [7, 11) is 0. The molecule has 0 spiro atoms. The van der Waals surface area contributed by atoms with Crippen molar-refractivity contribution in [2.24, 2.45) is 0 Å². The molecule has 88 valence electrons. The fourth-order valence-corrected chi connectivity index (χ4v) is 1.63. The monoisotopic (exact) mass is 224 g/mol. The van der Waals surface area contributed by atoms with Crippen molar-refractivity contribution < 1.29 is 10.0 Å². The van der Waals surface area contributed by atoms with Gasteiger partial charge in [0.05, 0.1) is 11.5 Å². The first-order chi connectivity index (χ1) is 7.57. The van der Waals surface area contributed by atoms with E-state index >= 15 is 0 Å². The highest BCUT2D eigenvalue weighted by Crippen LogP contribution is 2.28. The van der Waals surface area contributed by atoms with Gasteiger partial charge in [-0.1, -0.05) is 12.1 Å². The molecule has 0 amide bonds. The number of hydrogen-bond donors (Lipinski definition) is 1.